The summed E-state index contributed by atoms with van der Waals surface area (Å²) < 4.78 is 10.8. The Labute approximate surface area is 121 Å². The monoisotopic (exact) mass is 294 g/mol. The van der Waals surface area contributed by atoms with E-state index < -0.39 is 20.3 Å². The van der Waals surface area contributed by atoms with Crippen molar-refractivity contribution in [1.82, 2.24) is 0 Å². The SMILES string of the molecule is CC(=O)Oc1ccccc1C(=O)O[Si](C)(C)C(C)(C)C. The van der Waals surface area contributed by atoms with Crippen LogP contribution in [0.25, 0.3) is 0 Å². The summed E-state index contributed by atoms with van der Waals surface area (Å²) in [6.07, 6.45) is 0. The van der Waals surface area contributed by atoms with E-state index in [0.29, 0.717) is 0 Å². The van der Waals surface area contributed by atoms with Gasteiger partial charge in [0.1, 0.15) is 11.3 Å². The predicted molar refractivity (Wildman–Crippen MR) is 80.4 cm³/mol. The number of carbonyl (C=O) groups is 2. The first-order valence-electron chi connectivity index (χ1n) is 6.55. The Bertz CT molecular complexity index is 515. The van der Waals surface area contributed by atoms with Crippen LogP contribution in [0.2, 0.25) is 18.1 Å². The van der Waals surface area contributed by atoms with Gasteiger partial charge in [-0.25, -0.2) is 4.79 Å². The van der Waals surface area contributed by atoms with E-state index in [1.54, 1.807) is 24.3 Å². The van der Waals surface area contributed by atoms with Gasteiger partial charge in [0.05, 0.1) is 0 Å². The van der Waals surface area contributed by atoms with Gasteiger partial charge >= 0.3 is 11.9 Å². The van der Waals surface area contributed by atoms with Crippen molar-refractivity contribution >= 4 is 20.3 Å². The van der Waals surface area contributed by atoms with Crippen LogP contribution < -0.4 is 4.74 Å². The van der Waals surface area contributed by atoms with Crippen LogP contribution in [0.15, 0.2) is 24.3 Å². The molecule has 110 valence electrons. The molecule has 0 spiro atoms. The molecule has 0 aliphatic heterocycles. The number of ether oxygens (including phenoxy) is 1. The average Bonchev–Trinajstić information content (AvgIpc) is 2.26. The second kappa shape index (κ2) is 5.79. The van der Waals surface area contributed by atoms with Crippen LogP contribution in [-0.2, 0) is 9.22 Å². The first-order valence-corrected chi connectivity index (χ1v) is 9.46. The lowest BCUT2D eigenvalue weighted by Crippen LogP contribution is -2.42. The van der Waals surface area contributed by atoms with Crippen molar-refractivity contribution in [2.45, 2.75) is 45.8 Å². The van der Waals surface area contributed by atoms with Crippen LogP contribution in [0.4, 0.5) is 0 Å². The maximum atomic E-state index is 12.3. The minimum atomic E-state index is -2.20. The third kappa shape index (κ3) is 3.93. The average molecular weight is 294 g/mol. The molecule has 4 nitrogen and oxygen atoms in total. The van der Waals surface area contributed by atoms with Crippen molar-refractivity contribution < 1.29 is 18.8 Å². The highest BCUT2D eigenvalue weighted by molar-refractivity contribution is 6.75. The van der Waals surface area contributed by atoms with E-state index in [4.69, 9.17) is 9.16 Å². The number of hydrogen-bond donors (Lipinski definition) is 0. The van der Waals surface area contributed by atoms with Crippen molar-refractivity contribution in [2.75, 3.05) is 0 Å². The van der Waals surface area contributed by atoms with Gasteiger partial charge in [-0.15, -0.1) is 0 Å². The van der Waals surface area contributed by atoms with E-state index in [1.165, 1.54) is 6.92 Å². The van der Waals surface area contributed by atoms with Crippen LogP contribution >= 0.6 is 0 Å². The van der Waals surface area contributed by atoms with Crippen molar-refractivity contribution in [2.24, 2.45) is 0 Å². The molecule has 0 atom stereocenters. The Balaban J connectivity index is 3.02. The molecule has 20 heavy (non-hydrogen) atoms. The topological polar surface area (TPSA) is 52.6 Å². The second-order valence-corrected chi connectivity index (χ2v) is 11.0. The van der Waals surface area contributed by atoms with Crippen LogP contribution in [0.5, 0.6) is 5.75 Å². The molecule has 0 N–H and O–H groups in total. The van der Waals surface area contributed by atoms with Gasteiger partial charge < -0.3 is 9.16 Å². The standard InChI is InChI=1S/C15H22O4Si/c1-11(16)18-13-10-8-7-9-12(13)14(17)19-20(5,6)15(2,3)4/h7-10H,1-6H3. The van der Waals surface area contributed by atoms with E-state index in [-0.39, 0.29) is 16.4 Å². The molecule has 1 aromatic carbocycles. The molecule has 0 amide bonds. The molecular weight excluding hydrogens is 272 g/mol. The van der Waals surface area contributed by atoms with Crippen LogP contribution in [0.3, 0.4) is 0 Å². The van der Waals surface area contributed by atoms with E-state index in [0.717, 1.165) is 0 Å². The summed E-state index contributed by atoms with van der Waals surface area (Å²) in [4.78, 5) is 23.4. The molecule has 0 saturated heterocycles. The van der Waals surface area contributed by atoms with Crippen molar-refractivity contribution in [3.63, 3.8) is 0 Å². The van der Waals surface area contributed by atoms with Crippen LogP contribution in [-0.4, -0.2) is 20.3 Å². The molecule has 0 aliphatic rings. The van der Waals surface area contributed by atoms with Crippen molar-refractivity contribution in [1.29, 1.82) is 0 Å². The molecule has 0 unspecified atom stereocenters. The maximum absolute atomic E-state index is 12.3. The zero-order chi connectivity index (χ0) is 15.6. The summed E-state index contributed by atoms with van der Waals surface area (Å²) in [5, 5.41) is -0.0704. The van der Waals surface area contributed by atoms with Crippen LogP contribution in [0.1, 0.15) is 38.1 Å². The summed E-state index contributed by atoms with van der Waals surface area (Å²) in [6, 6.07) is 6.62. The van der Waals surface area contributed by atoms with E-state index in [1.807, 2.05) is 13.1 Å². The number of carbonyl (C=O) groups excluding carboxylic acids is 2. The summed E-state index contributed by atoms with van der Waals surface area (Å²) in [5.41, 5.74) is 0.285. The van der Waals surface area contributed by atoms with Crippen LogP contribution in [0, 0.1) is 0 Å². The van der Waals surface area contributed by atoms with E-state index >= 15 is 0 Å². The zero-order valence-electron chi connectivity index (χ0n) is 12.9. The minimum Gasteiger partial charge on any atom is -0.516 e. The molecule has 0 saturated carbocycles. The Kier molecular flexibility index (Phi) is 4.75. The Morgan fingerprint density at radius 2 is 1.65 bits per heavy atom. The van der Waals surface area contributed by atoms with Gasteiger partial charge in [0.25, 0.3) is 8.32 Å². The lowest BCUT2D eigenvalue weighted by atomic mass is 10.2. The smallest absolute Gasteiger partial charge is 0.328 e. The molecule has 0 radical (unpaired) electrons. The lowest BCUT2D eigenvalue weighted by molar-refractivity contribution is -0.131. The predicted octanol–water partition coefficient (Wildman–Crippen LogP) is 3.77. The summed E-state index contributed by atoms with van der Waals surface area (Å²) in [6.45, 7) is 11.5. The number of benzene rings is 1. The fourth-order valence-corrected chi connectivity index (χ4v) is 2.20. The molecule has 1 rings (SSSR count). The first-order chi connectivity index (χ1) is 9.04. The normalized spacial score (nSPS) is 11.9. The highest BCUT2D eigenvalue weighted by Crippen LogP contribution is 2.37. The quantitative estimate of drug-likeness (QED) is 0.484. The number of rotatable bonds is 3. The first kappa shape index (κ1) is 16.4. The van der Waals surface area contributed by atoms with Crippen molar-refractivity contribution in [3.05, 3.63) is 29.8 Å². The van der Waals surface area contributed by atoms with Gasteiger partial charge in [0.2, 0.25) is 0 Å². The molecule has 5 heteroatoms. The molecule has 0 aliphatic carbocycles. The minimum absolute atomic E-state index is 0.0704. The highest BCUT2D eigenvalue weighted by atomic mass is 28.4. The molecule has 1 aromatic rings. The number of hydrogen-bond acceptors (Lipinski definition) is 4. The summed E-state index contributed by atoms with van der Waals surface area (Å²) >= 11 is 0. The van der Waals surface area contributed by atoms with Gasteiger partial charge in [-0.05, 0) is 30.3 Å². The summed E-state index contributed by atoms with van der Waals surface area (Å²) in [7, 11) is -2.20. The molecule has 0 heterocycles. The van der Waals surface area contributed by atoms with E-state index in [9.17, 15) is 9.59 Å². The Hall–Kier alpha value is -1.62. The van der Waals surface area contributed by atoms with Gasteiger partial charge in [0.15, 0.2) is 0 Å². The fourth-order valence-electron chi connectivity index (χ4n) is 1.32. The number of esters is 1. The van der Waals surface area contributed by atoms with Gasteiger partial charge in [-0.1, -0.05) is 32.9 Å². The molecule has 0 fully saturated rings. The Morgan fingerprint density at radius 3 is 2.15 bits per heavy atom. The number of para-hydroxylation sites is 1. The molecular formula is C15H22O4Si. The third-order valence-electron chi connectivity index (χ3n) is 3.51. The summed E-state index contributed by atoms with van der Waals surface area (Å²) in [5.74, 6) is -0.658. The van der Waals surface area contributed by atoms with Gasteiger partial charge in [-0.2, -0.15) is 0 Å². The Morgan fingerprint density at radius 1 is 1.10 bits per heavy atom. The van der Waals surface area contributed by atoms with Gasteiger partial charge in [0, 0.05) is 6.92 Å². The molecule has 0 aromatic heterocycles. The second-order valence-electron chi connectivity index (χ2n) is 6.24. The zero-order valence-corrected chi connectivity index (χ0v) is 13.9. The lowest BCUT2D eigenvalue weighted by Gasteiger charge is -2.35. The fraction of sp³-hybridized carbons (Fsp3) is 0.467. The van der Waals surface area contributed by atoms with E-state index in [2.05, 4.69) is 20.8 Å². The largest absolute Gasteiger partial charge is 0.516 e. The van der Waals surface area contributed by atoms with Gasteiger partial charge in [-0.3, -0.25) is 4.79 Å². The molecule has 0 bridgehead atoms. The maximum Gasteiger partial charge on any atom is 0.328 e. The third-order valence-corrected chi connectivity index (χ3v) is 7.82. The van der Waals surface area contributed by atoms with Crippen molar-refractivity contribution in [3.8, 4) is 5.75 Å². The highest BCUT2D eigenvalue weighted by Gasteiger charge is 2.40.